The van der Waals surface area contributed by atoms with E-state index in [0.29, 0.717) is 6.17 Å². The fraction of sp³-hybridized carbons (Fsp3) is 1.00. The fourth-order valence-corrected chi connectivity index (χ4v) is 2.09. The van der Waals surface area contributed by atoms with Crippen molar-refractivity contribution in [3.63, 3.8) is 0 Å². The molecule has 0 saturated carbocycles. The molecule has 2 atom stereocenters. The van der Waals surface area contributed by atoms with Crippen LogP contribution < -0.4 is 5.73 Å². The van der Waals surface area contributed by atoms with Gasteiger partial charge in [-0.3, -0.25) is 4.90 Å². The van der Waals surface area contributed by atoms with Crippen LogP contribution in [0.15, 0.2) is 0 Å². The highest BCUT2D eigenvalue weighted by Crippen LogP contribution is 2.18. The SMILES string of the molecule is CN1CC(I)CCC1N. The summed E-state index contributed by atoms with van der Waals surface area (Å²) in [6.45, 7) is 1.15. The smallest absolute Gasteiger partial charge is 0.0569 e. The Morgan fingerprint density at radius 3 is 2.67 bits per heavy atom. The summed E-state index contributed by atoms with van der Waals surface area (Å²) in [6.07, 6.45) is 2.76. The van der Waals surface area contributed by atoms with Crippen LogP contribution in [-0.4, -0.2) is 28.6 Å². The Bertz CT molecular complexity index is 97.1. The van der Waals surface area contributed by atoms with Crippen LogP contribution >= 0.6 is 22.6 Å². The first-order chi connectivity index (χ1) is 4.20. The van der Waals surface area contributed by atoms with E-state index in [1.165, 1.54) is 6.42 Å². The van der Waals surface area contributed by atoms with Crippen LogP contribution in [0.2, 0.25) is 0 Å². The average molecular weight is 240 g/mol. The Morgan fingerprint density at radius 2 is 2.22 bits per heavy atom. The van der Waals surface area contributed by atoms with Gasteiger partial charge in [0.15, 0.2) is 0 Å². The third-order valence-electron chi connectivity index (χ3n) is 1.83. The zero-order valence-electron chi connectivity index (χ0n) is 5.68. The Kier molecular flexibility index (Phi) is 2.73. The molecule has 2 nitrogen and oxygen atoms in total. The zero-order chi connectivity index (χ0) is 6.85. The average Bonchev–Trinajstić information content (AvgIpc) is 1.80. The lowest BCUT2D eigenvalue weighted by atomic mass is 10.1. The summed E-state index contributed by atoms with van der Waals surface area (Å²) in [7, 11) is 2.09. The molecule has 0 bridgehead atoms. The van der Waals surface area contributed by atoms with E-state index >= 15 is 0 Å². The number of halogens is 1. The second kappa shape index (κ2) is 3.16. The largest absolute Gasteiger partial charge is 0.316 e. The van der Waals surface area contributed by atoms with Gasteiger partial charge >= 0.3 is 0 Å². The topological polar surface area (TPSA) is 29.3 Å². The predicted molar refractivity (Wildman–Crippen MR) is 47.6 cm³/mol. The first-order valence-electron chi connectivity index (χ1n) is 3.30. The van der Waals surface area contributed by atoms with E-state index in [1.54, 1.807) is 0 Å². The minimum atomic E-state index is 0.316. The molecule has 1 heterocycles. The van der Waals surface area contributed by atoms with Gasteiger partial charge in [-0.2, -0.15) is 0 Å². The highest BCUT2D eigenvalue weighted by molar-refractivity contribution is 14.1. The number of nitrogens with zero attached hydrogens (tertiary/aromatic N) is 1. The van der Waals surface area contributed by atoms with E-state index in [0.717, 1.165) is 16.9 Å². The molecule has 0 aliphatic carbocycles. The molecule has 0 aromatic carbocycles. The van der Waals surface area contributed by atoms with Crippen LogP contribution in [0.3, 0.4) is 0 Å². The summed E-state index contributed by atoms with van der Waals surface area (Å²) in [4.78, 5) is 2.22. The van der Waals surface area contributed by atoms with E-state index in [1.807, 2.05) is 0 Å². The number of rotatable bonds is 0. The van der Waals surface area contributed by atoms with Crippen molar-refractivity contribution in [2.45, 2.75) is 22.9 Å². The Balaban J connectivity index is 2.35. The monoisotopic (exact) mass is 240 g/mol. The summed E-state index contributed by atoms with van der Waals surface area (Å²) in [5, 5.41) is 0. The van der Waals surface area contributed by atoms with Gasteiger partial charge < -0.3 is 5.73 Å². The van der Waals surface area contributed by atoms with Crippen LogP contribution in [0.4, 0.5) is 0 Å². The fourth-order valence-electron chi connectivity index (χ4n) is 1.11. The Labute approximate surface area is 69.9 Å². The second-order valence-electron chi connectivity index (χ2n) is 2.68. The lowest BCUT2D eigenvalue weighted by Gasteiger charge is -2.32. The van der Waals surface area contributed by atoms with Crippen molar-refractivity contribution in [3.05, 3.63) is 0 Å². The summed E-state index contributed by atoms with van der Waals surface area (Å²) < 4.78 is 0.812. The minimum Gasteiger partial charge on any atom is -0.316 e. The second-order valence-corrected chi connectivity index (χ2v) is 4.44. The van der Waals surface area contributed by atoms with Gasteiger partial charge in [-0.25, -0.2) is 0 Å². The molecule has 54 valence electrons. The molecule has 2 N–H and O–H groups in total. The first-order valence-corrected chi connectivity index (χ1v) is 4.54. The minimum absolute atomic E-state index is 0.316. The van der Waals surface area contributed by atoms with Crippen molar-refractivity contribution >= 4 is 22.6 Å². The molecule has 1 aliphatic heterocycles. The van der Waals surface area contributed by atoms with Crippen molar-refractivity contribution in [3.8, 4) is 0 Å². The first kappa shape index (κ1) is 7.75. The summed E-state index contributed by atoms with van der Waals surface area (Å²) >= 11 is 2.48. The van der Waals surface area contributed by atoms with Crippen molar-refractivity contribution in [2.24, 2.45) is 5.73 Å². The van der Waals surface area contributed by atoms with E-state index in [-0.39, 0.29) is 0 Å². The lowest BCUT2D eigenvalue weighted by Crippen LogP contribution is -2.46. The molecular weight excluding hydrogens is 227 g/mol. The van der Waals surface area contributed by atoms with Crippen LogP contribution in [0.1, 0.15) is 12.8 Å². The van der Waals surface area contributed by atoms with Crippen LogP contribution in [-0.2, 0) is 0 Å². The van der Waals surface area contributed by atoms with Gasteiger partial charge in [0.1, 0.15) is 0 Å². The van der Waals surface area contributed by atoms with Crippen LogP contribution in [0, 0.1) is 0 Å². The van der Waals surface area contributed by atoms with Crippen molar-refractivity contribution in [1.82, 2.24) is 4.90 Å². The Hall–Kier alpha value is 0.650. The van der Waals surface area contributed by atoms with E-state index < -0.39 is 0 Å². The van der Waals surface area contributed by atoms with Crippen molar-refractivity contribution < 1.29 is 0 Å². The maximum Gasteiger partial charge on any atom is 0.0569 e. The summed E-state index contributed by atoms with van der Waals surface area (Å²) in [5.74, 6) is 0. The van der Waals surface area contributed by atoms with Crippen molar-refractivity contribution in [2.75, 3.05) is 13.6 Å². The van der Waals surface area contributed by atoms with Crippen LogP contribution in [0.25, 0.3) is 0 Å². The van der Waals surface area contributed by atoms with Gasteiger partial charge in [0.05, 0.1) is 6.17 Å². The normalized spacial score (nSPS) is 39.0. The molecule has 1 saturated heterocycles. The molecule has 1 fully saturated rings. The third-order valence-corrected chi connectivity index (χ3v) is 2.84. The molecule has 0 aromatic heterocycles. The van der Waals surface area contributed by atoms with Gasteiger partial charge in [-0.05, 0) is 19.9 Å². The van der Waals surface area contributed by atoms with Gasteiger partial charge in [-0.15, -0.1) is 0 Å². The van der Waals surface area contributed by atoms with Gasteiger partial charge in [-0.1, -0.05) is 22.6 Å². The zero-order valence-corrected chi connectivity index (χ0v) is 7.84. The van der Waals surface area contributed by atoms with Crippen molar-refractivity contribution in [1.29, 1.82) is 0 Å². The number of piperidine rings is 1. The molecule has 1 aliphatic rings. The highest BCUT2D eigenvalue weighted by Gasteiger charge is 2.19. The standard InChI is InChI=1S/C6H13IN2/c1-9-4-5(7)2-3-6(9)8/h5-6H,2-4,8H2,1H3. The summed E-state index contributed by atoms with van der Waals surface area (Å²) in [6, 6.07) is 0. The molecule has 9 heavy (non-hydrogen) atoms. The lowest BCUT2D eigenvalue weighted by molar-refractivity contribution is 0.199. The molecule has 3 heteroatoms. The Morgan fingerprint density at radius 1 is 1.56 bits per heavy atom. The molecule has 0 aromatic rings. The summed E-state index contributed by atoms with van der Waals surface area (Å²) in [5.41, 5.74) is 5.76. The van der Waals surface area contributed by atoms with Gasteiger partial charge in [0.2, 0.25) is 0 Å². The molecule has 0 radical (unpaired) electrons. The molecule has 0 amide bonds. The number of nitrogens with two attached hydrogens (primary N) is 1. The number of hydrogen-bond donors (Lipinski definition) is 1. The maximum atomic E-state index is 5.76. The van der Waals surface area contributed by atoms with Gasteiger partial charge in [0, 0.05) is 10.5 Å². The molecule has 2 unspecified atom stereocenters. The molecule has 0 spiro atoms. The van der Waals surface area contributed by atoms with Crippen LogP contribution in [0.5, 0.6) is 0 Å². The highest BCUT2D eigenvalue weighted by atomic mass is 127. The number of alkyl halides is 1. The predicted octanol–water partition coefficient (Wildman–Crippen LogP) is 0.800. The van der Waals surface area contributed by atoms with E-state index in [9.17, 15) is 0 Å². The van der Waals surface area contributed by atoms with E-state index in [2.05, 4.69) is 34.5 Å². The number of likely N-dealkylation sites (tertiary alicyclic amines) is 1. The van der Waals surface area contributed by atoms with E-state index in [4.69, 9.17) is 5.73 Å². The van der Waals surface area contributed by atoms with Gasteiger partial charge in [0.25, 0.3) is 0 Å². The molecule has 1 rings (SSSR count). The maximum absolute atomic E-state index is 5.76. The quantitative estimate of drug-likeness (QED) is 0.501. The third kappa shape index (κ3) is 2.05. The number of hydrogen-bond acceptors (Lipinski definition) is 2. The molecular formula is C6H13IN2.